The Balaban J connectivity index is 0.000000128. The third-order valence-electron chi connectivity index (χ3n) is 30.4. The Bertz CT molecular complexity index is 4110. The number of allylic oxidation sites excluding steroid dienone is 4. The Morgan fingerprint density at radius 1 is 0.581 bits per heavy atom. The van der Waals surface area contributed by atoms with Gasteiger partial charge in [-0.1, -0.05) is 87.1 Å². The second-order valence-corrected chi connectivity index (χ2v) is 35.2. The number of piperidine rings is 1. The highest BCUT2D eigenvalue weighted by Crippen LogP contribution is 2.78. The molecule has 13 fully saturated rings. The van der Waals surface area contributed by atoms with Crippen molar-refractivity contribution in [3.63, 3.8) is 0 Å². The largest absolute Gasteiger partial charge is 0.455 e. The molecule has 4 saturated heterocycles. The number of aliphatic hydroxyl groups excluding tert-OH is 4. The van der Waals surface area contributed by atoms with Gasteiger partial charge < -0.3 is 65.5 Å². The molecule has 564 valence electrons. The summed E-state index contributed by atoms with van der Waals surface area (Å²) >= 11 is 0. The summed E-state index contributed by atoms with van der Waals surface area (Å²) in [6.07, 6.45) is 14.2. The van der Waals surface area contributed by atoms with Crippen LogP contribution in [0.25, 0.3) is 5.57 Å². The number of fused-ring (bicyclic) bond motifs is 19. The minimum atomic E-state index is -1.18. The first kappa shape index (κ1) is 74.6. The third-order valence-corrected chi connectivity index (χ3v) is 30.4. The van der Waals surface area contributed by atoms with E-state index in [-0.39, 0.29) is 66.0 Å². The minimum Gasteiger partial charge on any atom is -0.455 e. The van der Waals surface area contributed by atoms with Crippen LogP contribution in [0.15, 0.2) is 102 Å². The Kier molecular flexibility index (Phi) is 18.2. The fourth-order valence-electron chi connectivity index (χ4n) is 25.0. The maximum Gasteiger partial charge on any atom is 0.373 e. The van der Waals surface area contributed by atoms with Gasteiger partial charge in [-0.05, 0) is 229 Å². The molecule has 1 aromatic rings. The van der Waals surface area contributed by atoms with E-state index in [4.69, 9.17) is 33.4 Å². The number of benzene rings is 1. The second-order valence-electron chi connectivity index (χ2n) is 35.2. The molecular formula is C82H101N3O20. The summed E-state index contributed by atoms with van der Waals surface area (Å²) in [5, 5.41) is 83.7. The van der Waals surface area contributed by atoms with Crippen molar-refractivity contribution in [2.45, 2.75) is 229 Å². The summed E-state index contributed by atoms with van der Waals surface area (Å²) in [5.41, 5.74) is 1.61. The molecule has 0 unspecified atom stereocenters. The Labute approximate surface area is 611 Å². The smallest absolute Gasteiger partial charge is 0.373 e. The molecule has 9 N–H and O–H groups in total. The van der Waals surface area contributed by atoms with E-state index in [9.17, 15) is 64.5 Å². The highest BCUT2D eigenvalue weighted by atomic mass is 16.6. The van der Waals surface area contributed by atoms with Crippen LogP contribution in [0.4, 0.5) is 0 Å². The maximum atomic E-state index is 14.3. The molecule has 13 aliphatic carbocycles. The van der Waals surface area contributed by atoms with Gasteiger partial charge in [0.05, 0.1) is 40.7 Å². The van der Waals surface area contributed by atoms with Gasteiger partial charge in [0.15, 0.2) is 0 Å². The lowest BCUT2D eigenvalue weighted by Gasteiger charge is -2.45. The normalized spacial score (nSPS) is 44.9. The van der Waals surface area contributed by atoms with Crippen molar-refractivity contribution in [3.8, 4) is 0 Å². The van der Waals surface area contributed by atoms with E-state index in [0.29, 0.717) is 89.6 Å². The lowest BCUT2D eigenvalue weighted by Crippen LogP contribution is -2.54. The number of ether oxygens (including phenoxy) is 3. The molecule has 3 amide bonds. The van der Waals surface area contributed by atoms with Crippen LogP contribution in [0.5, 0.6) is 0 Å². The van der Waals surface area contributed by atoms with E-state index < -0.39 is 139 Å². The number of hydrogen-bond acceptors (Lipinski definition) is 20. The first-order chi connectivity index (χ1) is 49.5. The van der Waals surface area contributed by atoms with E-state index in [1.54, 1.807) is 20.8 Å². The van der Waals surface area contributed by atoms with Crippen LogP contribution in [0, 0.1) is 91.7 Å². The SMILES string of the molecule is C=C1C[C@]23C[C@@]1(O)CC[C@H]2C1=C[C@H]2OC(=O)[C@@](C)([C@H]1[C@@H]3C(=O)N1CCC(O)CC1)[C@H]2O.C=C1C[C@]23C[C@@]1(O)CC[C@H]2C1=C[C@H]2OC(=O)[C@@](C)([C@H]1[C@@H]3C(=O)N[C@H](C)CC1=CCc3ccccc31)[C@H]2O.C=C1C[C@]23C[C@@]1(O)CC[C@H]2C1=C[C@H]2OC(=O)[C@@](C)([C@H]1[C@@H]3C(=O)N[C@H](C)[C@@H](C)CC)[C@H]2O.O=C=O.O=C=O. The van der Waals surface area contributed by atoms with E-state index in [2.05, 4.69) is 68.5 Å². The number of carbonyl (C=O) groups is 6. The van der Waals surface area contributed by atoms with Crippen LogP contribution in [0.2, 0.25) is 0 Å². The molecule has 27 atom stereocenters. The highest BCUT2D eigenvalue weighted by Gasteiger charge is 2.79. The van der Waals surface area contributed by atoms with Crippen LogP contribution >= 0.6 is 0 Å². The zero-order chi connectivity index (χ0) is 75.7. The summed E-state index contributed by atoms with van der Waals surface area (Å²) in [4.78, 5) is 116. The quantitative estimate of drug-likeness (QED) is 0.0809. The van der Waals surface area contributed by atoms with E-state index in [1.165, 1.54) is 16.7 Å². The molecule has 23 heteroatoms. The molecule has 1 aromatic carbocycles. The number of esters is 3. The number of likely N-dealkylation sites (tertiary alicyclic amines) is 1. The standard InChI is InChI=1S/C31H35NO5.C25H35NO5.C24H31NO6.2CO2/c1-16-14-30-15-31(16,36)11-10-22(30)21-13-23-26(33)29(3,28(35)37-23)24(21)25(30)27(34)32-17(2)12-19-9-8-18-6-4-5-7-20(18)19;1-6-12(2)14(4)26-21(28)19-18-15(9-17-20(27)23(18,5)22(29)31-17)16-7-8-25(30)11-24(16,19)10-13(25)3;1-12-10-23-11-24(12,30)6-3-15(23)14-9-16-19(27)22(2,21(29)31-16)17(14)18(23)20(28)25-7-4-13(26)5-8-25;2*2-1-3/h4-7,9,13,17,22-26,33,36H,1,8,10-12,14-15H2,2-3H3,(H,32,34);9,12,14,16-20,27,30H,3,6-8,10-11H2,1-2,4-5H3,(H,26,28);9,13,15-19,26-27,30H,1,3-8,10-11H2,2H3;;/t17-,22+,23-,24-,25-,26+,29+,30+,31+;12-,14+,16-,17+,18+,19+,20-,23-,24-,25-;15-,16+,17+,18+,19-,22-,23-,24-;;/m100../s1. The highest BCUT2D eigenvalue weighted by molar-refractivity contribution is 5.91. The zero-order valence-corrected chi connectivity index (χ0v) is 61.0. The lowest BCUT2D eigenvalue weighted by molar-refractivity contribution is -0.193. The number of hydrogen-bond donors (Lipinski definition) is 9. The van der Waals surface area contributed by atoms with Crippen molar-refractivity contribution in [1.29, 1.82) is 0 Å². The van der Waals surface area contributed by atoms with Gasteiger partial charge in [-0.3, -0.25) is 28.8 Å². The molecule has 23 nitrogen and oxygen atoms in total. The van der Waals surface area contributed by atoms with Gasteiger partial charge in [-0.15, -0.1) is 0 Å². The first-order valence-corrected chi connectivity index (χ1v) is 37.9. The van der Waals surface area contributed by atoms with Crippen LogP contribution in [-0.4, -0.2) is 173 Å². The number of aliphatic hydroxyl groups is 7. The lowest BCUT2D eigenvalue weighted by atomic mass is 9.60. The van der Waals surface area contributed by atoms with Crippen molar-refractivity contribution in [1.82, 2.24) is 15.5 Å². The van der Waals surface area contributed by atoms with Gasteiger partial charge in [0, 0.05) is 42.9 Å². The molecule has 105 heavy (non-hydrogen) atoms. The summed E-state index contributed by atoms with van der Waals surface area (Å²) in [6.45, 7) is 27.1. The predicted octanol–water partition coefficient (Wildman–Crippen LogP) is 5.73. The molecule has 18 rings (SSSR count). The van der Waals surface area contributed by atoms with Crippen molar-refractivity contribution in [2.24, 2.45) is 91.7 Å². The van der Waals surface area contributed by atoms with Crippen molar-refractivity contribution in [3.05, 3.63) is 113 Å². The summed E-state index contributed by atoms with van der Waals surface area (Å²) in [7, 11) is 0. The van der Waals surface area contributed by atoms with Gasteiger partial charge in [-0.25, -0.2) is 0 Å². The summed E-state index contributed by atoms with van der Waals surface area (Å²) in [5.74, 6) is -3.80. The molecule has 12 bridgehead atoms. The molecule has 17 aliphatic rings. The minimum absolute atomic E-state index is 0.00273. The van der Waals surface area contributed by atoms with E-state index >= 15 is 0 Å². The maximum absolute atomic E-state index is 14.3. The number of amides is 3. The van der Waals surface area contributed by atoms with Crippen molar-refractivity contribution in [2.75, 3.05) is 13.1 Å². The van der Waals surface area contributed by atoms with Gasteiger partial charge in [0.25, 0.3) is 0 Å². The van der Waals surface area contributed by atoms with Crippen molar-refractivity contribution >= 4 is 53.5 Å². The molecule has 0 radical (unpaired) electrons. The Hall–Kier alpha value is -7.30. The van der Waals surface area contributed by atoms with E-state index in [0.717, 1.165) is 72.0 Å². The second kappa shape index (κ2) is 25.7. The topological polar surface area (TPSA) is 367 Å². The molecule has 4 aliphatic heterocycles. The van der Waals surface area contributed by atoms with Gasteiger partial charge in [0.1, 0.15) is 52.9 Å². The van der Waals surface area contributed by atoms with Gasteiger partial charge in [-0.2, -0.15) is 19.2 Å². The van der Waals surface area contributed by atoms with Crippen molar-refractivity contribution < 1.29 is 97.9 Å². The number of nitrogens with zero attached hydrogens (tertiary/aromatic N) is 1. The van der Waals surface area contributed by atoms with Crippen LogP contribution in [0.3, 0.4) is 0 Å². The molecule has 3 spiro atoms. The van der Waals surface area contributed by atoms with Crippen LogP contribution in [-0.2, 0) is 68.6 Å². The predicted molar refractivity (Wildman–Crippen MR) is 372 cm³/mol. The van der Waals surface area contributed by atoms with Gasteiger partial charge in [0.2, 0.25) is 17.7 Å². The molecular weight excluding hydrogens is 1350 g/mol. The van der Waals surface area contributed by atoms with E-state index in [1.807, 2.05) is 43.0 Å². The molecule has 9 saturated carbocycles. The van der Waals surface area contributed by atoms with Gasteiger partial charge >= 0.3 is 30.2 Å². The summed E-state index contributed by atoms with van der Waals surface area (Å²) < 4.78 is 16.7. The fraction of sp³-hybridized carbons (Fsp3) is 0.659. The monoisotopic (exact) mass is 1450 g/mol. The molecule has 0 aromatic heterocycles. The third kappa shape index (κ3) is 10.5. The average molecular weight is 1450 g/mol. The average Bonchev–Trinajstić information content (AvgIpc) is 1.51. The fourth-order valence-corrected chi connectivity index (χ4v) is 25.0. The Morgan fingerprint density at radius 2 is 0.952 bits per heavy atom. The molecule has 4 heterocycles. The van der Waals surface area contributed by atoms with Crippen LogP contribution < -0.4 is 10.6 Å². The number of nitrogens with one attached hydrogen (secondary N) is 2. The van der Waals surface area contributed by atoms with Crippen LogP contribution in [0.1, 0.15) is 162 Å². The number of carbonyl (C=O) groups excluding carboxylic acids is 10. The summed E-state index contributed by atoms with van der Waals surface area (Å²) in [6, 6.07) is 8.28. The zero-order valence-electron chi connectivity index (χ0n) is 61.0. The first-order valence-electron chi connectivity index (χ1n) is 37.9. The Morgan fingerprint density at radius 3 is 1.35 bits per heavy atom. The number of rotatable bonds is 9.